The molecule has 0 aliphatic carbocycles. The van der Waals surface area contributed by atoms with Crippen LogP contribution in [0.2, 0.25) is 0 Å². The van der Waals surface area contributed by atoms with Crippen molar-refractivity contribution in [2.75, 3.05) is 6.54 Å². The second kappa shape index (κ2) is 3.82. The van der Waals surface area contributed by atoms with Gasteiger partial charge in [-0.3, -0.25) is 0 Å². The summed E-state index contributed by atoms with van der Waals surface area (Å²) >= 11 is 0. The lowest BCUT2D eigenvalue weighted by Crippen LogP contribution is -2.59. The lowest BCUT2D eigenvalue weighted by atomic mass is 9.59. The van der Waals surface area contributed by atoms with E-state index < -0.39 is 0 Å². The molecule has 2 nitrogen and oxygen atoms in total. The number of hydrogen-bond donors (Lipinski definition) is 2. The Morgan fingerprint density at radius 3 is 1.21 bits per heavy atom. The lowest BCUT2D eigenvalue weighted by Gasteiger charge is -2.49. The van der Waals surface area contributed by atoms with Crippen LogP contribution in [0.5, 0.6) is 0 Å². The highest BCUT2D eigenvalue weighted by atomic mass is 14.8. The Balaban J connectivity index is 5.14. The first kappa shape index (κ1) is 13.9. The van der Waals surface area contributed by atoms with Gasteiger partial charge in [-0.1, -0.05) is 41.5 Å². The van der Waals surface area contributed by atoms with Crippen LogP contribution in [0.1, 0.15) is 48.5 Å². The maximum atomic E-state index is 6.31. The lowest BCUT2D eigenvalue weighted by molar-refractivity contribution is 0.0352. The summed E-state index contributed by atoms with van der Waals surface area (Å²) in [5.41, 5.74) is 12.2. The fraction of sp³-hybridized carbons (Fsp3) is 1.00. The van der Waals surface area contributed by atoms with Gasteiger partial charge in [0.25, 0.3) is 0 Å². The van der Waals surface area contributed by atoms with Crippen LogP contribution in [0.3, 0.4) is 0 Å². The summed E-state index contributed by atoms with van der Waals surface area (Å²) in [5.74, 6) is 0.396. The minimum absolute atomic E-state index is 0.182. The zero-order valence-corrected chi connectivity index (χ0v) is 10.9. The third kappa shape index (κ3) is 3.25. The van der Waals surface area contributed by atoms with Crippen LogP contribution in [-0.2, 0) is 0 Å². The molecule has 0 rings (SSSR count). The van der Waals surface area contributed by atoms with Crippen molar-refractivity contribution in [1.29, 1.82) is 0 Å². The summed E-state index contributed by atoms with van der Waals surface area (Å²) < 4.78 is 0. The first-order valence-corrected chi connectivity index (χ1v) is 5.42. The maximum Gasteiger partial charge on any atom is 0.0288 e. The van der Waals surface area contributed by atoms with Gasteiger partial charge in [-0.25, -0.2) is 0 Å². The molecule has 0 fully saturated rings. The van der Waals surface area contributed by atoms with Crippen LogP contribution in [0.4, 0.5) is 0 Å². The normalized spacial score (nSPS) is 18.4. The van der Waals surface area contributed by atoms with E-state index in [1.54, 1.807) is 0 Å². The Bertz CT molecular complexity index is 167. The molecule has 0 aromatic rings. The van der Waals surface area contributed by atoms with Crippen LogP contribution >= 0.6 is 0 Å². The van der Waals surface area contributed by atoms with E-state index in [1.165, 1.54) is 0 Å². The van der Waals surface area contributed by atoms with E-state index in [-0.39, 0.29) is 16.4 Å². The molecule has 0 heterocycles. The van der Waals surface area contributed by atoms with Crippen LogP contribution in [0, 0.1) is 16.7 Å². The standard InChI is InChI=1S/C12H28N2/c1-10(2,3)9(11(4,5)6)12(7,14)8-13/h9H,8,13-14H2,1-7H3. The quantitative estimate of drug-likeness (QED) is 0.719. The second-order valence-corrected chi connectivity index (χ2v) is 6.88. The van der Waals surface area contributed by atoms with Crippen LogP contribution in [0.25, 0.3) is 0 Å². The Kier molecular flexibility index (Phi) is 3.80. The molecule has 0 spiro atoms. The van der Waals surface area contributed by atoms with Gasteiger partial charge in [0.1, 0.15) is 0 Å². The number of rotatable bonds is 2. The molecule has 0 saturated carbocycles. The molecule has 0 amide bonds. The van der Waals surface area contributed by atoms with E-state index in [1.807, 2.05) is 0 Å². The zero-order valence-electron chi connectivity index (χ0n) is 10.9. The van der Waals surface area contributed by atoms with Gasteiger partial charge in [0.2, 0.25) is 0 Å². The molecule has 0 saturated heterocycles. The first-order chi connectivity index (χ1) is 5.93. The van der Waals surface area contributed by atoms with Gasteiger partial charge >= 0.3 is 0 Å². The predicted molar refractivity (Wildman–Crippen MR) is 64.0 cm³/mol. The fourth-order valence-corrected chi connectivity index (χ4v) is 3.40. The molecule has 1 unspecified atom stereocenters. The van der Waals surface area contributed by atoms with Gasteiger partial charge in [0.05, 0.1) is 0 Å². The molecule has 0 aromatic carbocycles. The van der Waals surface area contributed by atoms with E-state index in [9.17, 15) is 0 Å². The Hall–Kier alpha value is -0.0800. The molecule has 0 aliphatic rings. The summed E-state index contributed by atoms with van der Waals surface area (Å²) in [6.07, 6.45) is 0. The summed E-state index contributed by atoms with van der Waals surface area (Å²) in [4.78, 5) is 0. The zero-order chi connectivity index (χ0) is 11.8. The van der Waals surface area contributed by atoms with Crippen molar-refractivity contribution in [3.05, 3.63) is 0 Å². The SMILES string of the molecule is CC(C)(C)C(C(C)(C)C)C(C)(N)CN. The minimum Gasteiger partial charge on any atom is -0.329 e. The van der Waals surface area contributed by atoms with Gasteiger partial charge in [-0.15, -0.1) is 0 Å². The molecular weight excluding hydrogens is 172 g/mol. The summed E-state index contributed by atoms with van der Waals surface area (Å²) in [6, 6.07) is 0. The minimum atomic E-state index is -0.295. The monoisotopic (exact) mass is 200 g/mol. The average molecular weight is 200 g/mol. The van der Waals surface area contributed by atoms with E-state index >= 15 is 0 Å². The molecule has 86 valence electrons. The van der Waals surface area contributed by atoms with Crippen molar-refractivity contribution in [2.24, 2.45) is 28.2 Å². The molecule has 2 heteroatoms. The summed E-state index contributed by atoms with van der Waals surface area (Å²) in [5, 5.41) is 0. The van der Waals surface area contributed by atoms with E-state index in [0.29, 0.717) is 12.5 Å². The van der Waals surface area contributed by atoms with Gasteiger partial charge in [0, 0.05) is 12.1 Å². The third-order valence-electron chi connectivity index (χ3n) is 2.83. The topological polar surface area (TPSA) is 52.0 Å². The molecule has 0 bridgehead atoms. The van der Waals surface area contributed by atoms with Gasteiger partial charge in [-0.05, 0) is 23.7 Å². The second-order valence-electron chi connectivity index (χ2n) is 6.88. The molecule has 14 heavy (non-hydrogen) atoms. The van der Waals surface area contributed by atoms with Crippen molar-refractivity contribution in [1.82, 2.24) is 0 Å². The molecular formula is C12H28N2. The van der Waals surface area contributed by atoms with Crippen molar-refractivity contribution in [2.45, 2.75) is 54.0 Å². The van der Waals surface area contributed by atoms with Gasteiger partial charge < -0.3 is 11.5 Å². The van der Waals surface area contributed by atoms with E-state index in [4.69, 9.17) is 11.5 Å². The Labute approximate surface area is 89.4 Å². The van der Waals surface area contributed by atoms with Crippen LogP contribution in [-0.4, -0.2) is 12.1 Å². The highest BCUT2D eigenvalue weighted by Gasteiger charge is 2.44. The number of nitrogens with two attached hydrogens (primary N) is 2. The van der Waals surface area contributed by atoms with E-state index in [2.05, 4.69) is 48.5 Å². The van der Waals surface area contributed by atoms with Crippen LogP contribution in [0.15, 0.2) is 0 Å². The number of hydrogen-bond acceptors (Lipinski definition) is 2. The Morgan fingerprint density at radius 1 is 0.857 bits per heavy atom. The molecule has 0 radical (unpaired) electrons. The van der Waals surface area contributed by atoms with Crippen LogP contribution < -0.4 is 11.5 Å². The van der Waals surface area contributed by atoms with Crippen molar-refractivity contribution in [3.63, 3.8) is 0 Å². The highest BCUT2D eigenvalue weighted by molar-refractivity contribution is 4.99. The van der Waals surface area contributed by atoms with E-state index in [0.717, 1.165) is 0 Å². The molecule has 1 atom stereocenters. The van der Waals surface area contributed by atoms with Crippen molar-refractivity contribution >= 4 is 0 Å². The molecule has 0 aliphatic heterocycles. The van der Waals surface area contributed by atoms with Crippen molar-refractivity contribution in [3.8, 4) is 0 Å². The smallest absolute Gasteiger partial charge is 0.0288 e. The third-order valence-corrected chi connectivity index (χ3v) is 2.83. The molecule has 4 N–H and O–H groups in total. The predicted octanol–water partition coefficient (Wildman–Crippen LogP) is 2.37. The summed E-state index contributed by atoms with van der Waals surface area (Å²) in [7, 11) is 0. The largest absolute Gasteiger partial charge is 0.329 e. The first-order valence-electron chi connectivity index (χ1n) is 5.42. The van der Waals surface area contributed by atoms with Gasteiger partial charge in [0.15, 0.2) is 0 Å². The molecule has 0 aromatic heterocycles. The highest BCUT2D eigenvalue weighted by Crippen LogP contribution is 2.45. The summed E-state index contributed by atoms with van der Waals surface area (Å²) in [6.45, 7) is 16.0. The maximum absolute atomic E-state index is 6.31. The fourth-order valence-electron chi connectivity index (χ4n) is 3.40. The van der Waals surface area contributed by atoms with Crippen molar-refractivity contribution < 1.29 is 0 Å². The Morgan fingerprint density at radius 2 is 1.14 bits per heavy atom. The van der Waals surface area contributed by atoms with Gasteiger partial charge in [-0.2, -0.15) is 0 Å². The average Bonchev–Trinajstić information content (AvgIpc) is 1.79.